The van der Waals surface area contributed by atoms with Crippen molar-refractivity contribution >= 4 is 11.9 Å². The van der Waals surface area contributed by atoms with Crippen LogP contribution in [0.3, 0.4) is 0 Å². The van der Waals surface area contributed by atoms with E-state index in [1.165, 1.54) is 18.6 Å². The van der Waals surface area contributed by atoms with Crippen LogP contribution < -0.4 is 5.32 Å². The molecule has 1 rings (SSSR count). The third-order valence-electron chi connectivity index (χ3n) is 2.30. The van der Waals surface area contributed by atoms with Crippen molar-refractivity contribution in [1.29, 1.82) is 0 Å². The van der Waals surface area contributed by atoms with Crippen LogP contribution in [0.4, 0.5) is 0 Å². The number of rotatable bonds is 5. The Morgan fingerprint density at radius 3 is 2.62 bits per heavy atom. The van der Waals surface area contributed by atoms with Gasteiger partial charge in [-0.1, -0.05) is 13.8 Å². The zero-order valence-corrected chi connectivity index (χ0v) is 9.27. The predicted molar refractivity (Wildman–Crippen MR) is 57.1 cm³/mol. The fourth-order valence-corrected chi connectivity index (χ4v) is 1.29. The summed E-state index contributed by atoms with van der Waals surface area (Å²) in [4.78, 5) is 22.3. The highest BCUT2D eigenvalue weighted by Gasteiger charge is 2.20. The van der Waals surface area contributed by atoms with E-state index in [0.29, 0.717) is 5.56 Å². The molecule has 0 fully saturated rings. The number of carboxylic acid groups (broad SMARTS) is 1. The molecule has 88 valence electrons. The SMILES string of the molecule is CC(C)C(CC(=O)O)NC(=O)c1ccoc1. The number of aliphatic carboxylic acids is 1. The number of hydrogen-bond donors (Lipinski definition) is 2. The van der Waals surface area contributed by atoms with E-state index in [-0.39, 0.29) is 24.3 Å². The minimum Gasteiger partial charge on any atom is -0.481 e. The molecule has 1 aromatic heterocycles. The summed E-state index contributed by atoms with van der Waals surface area (Å²) in [7, 11) is 0. The van der Waals surface area contributed by atoms with Gasteiger partial charge in [-0.2, -0.15) is 0 Å². The van der Waals surface area contributed by atoms with Crippen molar-refractivity contribution < 1.29 is 19.1 Å². The first-order chi connectivity index (χ1) is 7.50. The second-order valence-electron chi connectivity index (χ2n) is 3.93. The molecule has 0 aliphatic carbocycles. The third kappa shape index (κ3) is 3.42. The molecule has 5 heteroatoms. The van der Waals surface area contributed by atoms with Crippen molar-refractivity contribution in [3.05, 3.63) is 24.2 Å². The molecule has 1 atom stereocenters. The van der Waals surface area contributed by atoms with Gasteiger partial charge in [-0.15, -0.1) is 0 Å². The van der Waals surface area contributed by atoms with Gasteiger partial charge in [0.1, 0.15) is 6.26 Å². The molecule has 0 aliphatic heterocycles. The van der Waals surface area contributed by atoms with Crippen LogP contribution >= 0.6 is 0 Å². The Bertz CT molecular complexity index is 356. The Morgan fingerprint density at radius 2 is 2.19 bits per heavy atom. The van der Waals surface area contributed by atoms with Crippen molar-refractivity contribution in [3.8, 4) is 0 Å². The predicted octanol–water partition coefficient (Wildman–Crippen LogP) is 1.51. The Kier molecular flexibility index (Phi) is 4.10. The quantitative estimate of drug-likeness (QED) is 0.796. The first kappa shape index (κ1) is 12.3. The van der Waals surface area contributed by atoms with E-state index in [4.69, 9.17) is 9.52 Å². The molecule has 16 heavy (non-hydrogen) atoms. The van der Waals surface area contributed by atoms with Crippen LogP contribution in [0.2, 0.25) is 0 Å². The van der Waals surface area contributed by atoms with Gasteiger partial charge in [0.05, 0.1) is 18.2 Å². The van der Waals surface area contributed by atoms with Crippen molar-refractivity contribution in [2.45, 2.75) is 26.3 Å². The molecule has 1 unspecified atom stereocenters. The summed E-state index contributed by atoms with van der Waals surface area (Å²) >= 11 is 0. The monoisotopic (exact) mass is 225 g/mol. The minimum absolute atomic E-state index is 0.0620. The molecule has 0 spiro atoms. The average Bonchev–Trinajstić information content (AvgIpc) is 2.68. The lowest BCUT2D eigenvalue weighted by Gasteiger charge is -2.20. The summed E-state index contributed by atoms with van der Waals surface area (Å²) in [6.45, 7) is 3.73. The largest absolute Gasteiger partial charge is 0.481 e. The van der Waals surface area contributed by atoms with Crippen LogP contribution in [0.1, 0.15) is 30.6 Å². The highest BCUT2D eigenvalue weighted by Crippen LogP contribution is 2.08. The van der Waals surface area contributed by atoms with Gasteiger partial charge in [0.2, 0.25) is 0 Å². The second kappa shape index (κ2) is 5.34. The number of hydrogen-bond acceptors (Lipinski definition) is 3. The summed E-state index contributed by atoms with van der Waals surface area (Å²) in [5.41, 5.74) is 0.399. The summed E-state index contributed by atoms with van der Waals surface area (Å²) in [6, 6.07) is 1.16. The smallest absolute Gasteiger partial charge is 0.305 e. The molecule has 1 aromatic rings. The number of carboxylic acids is 1. The molecule has 5 nitrogen and oxygen atoms in total. The summed E-state index contributed by atoms with van der Waals surface area (Å²) in [5, 5.41) is 11.4. The van der Waals surface area contributed by atoms with Gasteiger partial charge in [-0.25, -0.2) is 0 Å². The molecule has 0 aromatic carbocycles. The van der Waals surface area contributed by atoms with Gasteiger partial charge in [0, 0.05) is 6.04 Å². The highest BCUT2D eigenvalue weighted by molar-refractivity contribution is 5.94. The topological polar surface area (TPSA) is 79.5 Å². The maximum absolute atomic E-state index is 11.6. The number of nitrogens with one attached hydrogen (secondary N) is 1. The number of carbonyl (C=O) groups excluding carboxylic acids is 1. The summed E-state index contributed by atoms with van der Waals surface area (Å²) < 4.78 is 4.78. The second-order valence-corrected chi connectivity index (χ2v) is 3.93. The molecule has 0 radical (unpaired) electrons. The van der Waals surface area contributed by atoms with Crippen LogP contribution in [0, 0.1) is 5.92 Å². The molecule has 2 N–H and O–H groups in total. The van der Waals surface area contributed by atoms with Gasteiger partial charge < -0.3 is 14.8 Å². The Balaban J connectivity index is 2.61. The van der Waals surface area contributed by atoms with E-state index in [1.807, 2.05) is 13.8 Å². The standard InChI is InChI=1S/C11H15NO4/c1-7(2)9(5-10(13)14)12-11(15)8-3-4-16-6-8/h3-4,6-7,9H,5H2,1-2H3,(H,12,15)(H,13,14). The Labute approximate surface area is 93.4 Å². The number of furan rings is 1. The van der Waals surface area contributed by atoms with Crippen LogP contribution in [0.15, 0.2) is 23.0 Å². The zero-order valence-electron chi connectivity index (χ0n) is 9.27. The zero-order chi connectivity index (χ0) is 12.1. The van der Waals surface area contributed by atoms with Gasteiger partial charge in [-0.05, 0) is 12.0 Å². The third-order valence-corrected chi connectivity index (χ3v) is 2.30. The minimum atomic E-state index is -0.925. The lowest BCUT2D eigenvalue weighted by atomic mass is 10.0. The van der Waals surface area contributed by atoms with E-state index >= 15 is 0 Å². The Morgan fingerprint density at radius 1 is 1.50 bits per heavy atom. The fraction of sp³-hybridized carbons (Fsp3) is 0.455. The first-order valence-electron chi connectivity index (χ1n) is 5.05. The Hall–Kier alpha value is -1.78. The van der Waals surface area contributed by atoms with Gasteiger partial charge in [0.15, 0.2) is 0 Å². The summed E-state index contributed by atoms with van der Waals surface area (Å²) in [6.07, 6.45) is 2.64. The van der Waals surface area contributed by atoms with Gasteiger partial charge in [0.25, 0.3) is 5.91 Å². The molecule has 0 aliphatic rings. The van der Waals surface area contributed by atoms with E-state index < -0.39 is 5.97 Å². The van der Waals surface area contributed by atoms with Crippen molar-refractivity contribution in [2.75, 3.05) is 0 Å². The molecule has 1 amide bonds. The van der Waals surface area contributed by atoms with E-state index in [9.17, 15) is 9.59 Å². The summed E-state index contributed by atoms with van der Waals surface area (Å²) in [5.74, 6) is -1.17. The van der Waals surface area contributed by atoms with E-state index in [0.717, 1.165) is 0 Å². The van der Waals surface area contributed by atoms with Crippen LogP contribution in [-0.2, 0) is 4.79 Å². The average molecular weight is 225 g/mol. The number of carbonyl (C=O) groups is 2. The molecule has 0 bridgehead atoms. The lowest BCUT2D eigenvalue weighted by molar-refractivity contribution is -0.137. The van der Waals surface area contributed by atoms with Gasteiger partial charge >= 0.3 is 5.97 Å². The molecule has 0 saturated heterocycles. The van der Waals surface area contributed by atoms with Crippen molar-refractivity contribution in [3.63, 3.8) is 0 Å². The lowest BCUT2D eigenvalue weighted by Crippen LogP contribution is -2.39. The molecular weight excluding hydrogens is 210 g/mol. The van der Waals surface area contributed by atoms with Crippen LogP contribution in [0.5, 0.6) is 0 Å². The van der Waals surface area contributed by atoms with Crippen molar-refractivity contribution in [1.82, 2.24) is 5.32 Å². The van der Waals surface area contributed by atoms with E-state index in [1.54, 1.807) is 0 Å². The van der Waals surface area contributed by atoms with Gasteiger partial charge in [-0.3, -0.25) is 9.59 Å². The normalized spacial score (nSPS) is 12.4. The molecule has 0 saturated carbocycles. The van der Waals surface area contributed by atoms with Crippen molar-refractivity contribution in [2.24, 2.45) is 5.92 Å². The maximum atomic E-state index is 11.6. The fourth-order valence-electron chi connectivity index (χ4n) is 1.29. The maximum Gasteiger partial charge on any atom is 0.305 e. The van der Waals surface area contributed by atoms with Crippen LogP contribution in [0.25, 0.3) is 0 Å². The molecular formula is C11H15NO4. The van der Waals surface area contributed by atoms with Crippen LogP contribution in [-0.4, -0.2) is 23.0 Å². The van der Waals surface area contributed by atoms with E-state index in [2.05, 4.69) is 5.32 Å². The highest BCUT2D eigenvalue weighted by atomic mass is 16.4. The number of amides is 1. The molecule has 1 heterocycles. The first-order valence-corrected chi connectivity index (χ1v) is 5.05.